The van der Waals surface area contributed by atoms with E-state index in [-0.39, 0.29) is 0 Å². The van der Waals surface area contributed by atoms with E-state index in [4.69, 9.17) is 4.42 Å². The highest BCUT2D eigenvalue weighted by atomic mass is 16.3. The van der Waals surface area contributed by atoms with Crippen LogP contribution in [0.5, 0.6) is 0 Å². The Morgan fingerprint density at radius 3 is 2.32 bits per heavy atom. The summed E-state index contributed by atoms with van der Waals surface area (Å²) < 4.78 is 11.8. The van der Waals surface area contributed by atoms with Crippen LogP contribution in [-0.4, -0.2) is 4.57 Å². The third-order valence-corrected chi connectivity index (χ3v) is 9.50. The van der Waals surface area contributed by atoms with Crippen molar-refractivity contribution in [1.82, 2.24) is 4.57 Å². The van der Waals surface area contributed by atoms with Gasteiger partial charge in [-0.25, -0.2) is 4.57 Å². The first-order valence-corrected chi connectivity index (χ1v) is 14.5. The maximum Gasteiger partial charge on any atom is 0.294 e. The molecule has 3 nitrogen and oxygen atoms in total. The molecule has 0 bridgehead atoms. The minimum Gasteiger partial charge on any atom is -0.456 e. The molecule has 2 fully saturated rings. The lowest BCUT2D eigenvalue weighted by molar-refractivity contribution is -0.671. The molecule has 0 atom stereocenters. The van der Waals surface area contributed by atoms with Crippen molar-refractivity contribution in [2.45, 2.75) is 82.6 Å². The van der Waals surface area contributed by atoms with Gasteiger partial charge in [0.15, 0.2) is 0 Å². The van der Waals surface area contributed by atoms with Crippen molar-refractivity contribution in [3.05, 3.63) is 83.7 Å². The van der Waals surface area contributed by atoms with E-state index >= 15 is 0 Å². The van der Waals surface area contributed by atoms with Gasteiger partial charge in [0.1, 0.15) is 35.8 Å². The van der Waals surface area contributed by atoms with Crippen LogP contribution in [0.25, 0.3) is 39.0 Å². The van der Waals surface area contributed by atoms with E-state index in [1.54, 1.807) is 5.56 Å². The van der Waals surface area contributed by atoms with Crippen LogP contribution in [0.3, 0.4) is 0 Å². The molecule has 2 aromatic heterocycles. The highest BCUT2D eigenvalue weighted by Crippen LogP contribution is 2.48. The van der Waals surface area contributed by atoms with E-state index in [9.17, 15) is 0 Å². The molecule has 8 rings (SSSR count). The molecule has 0 radical (unpaired) electrons. The molecule has 3 aliphatic rings. The first-order valence-electron chi connectivity index (χ1n) is 14.5. The first kappa shape index (κ1) is 21.7. The molecule has 0 unspecified atom stereocenters. The second-order valence-electron chi connectivity index (χ2n) is 11.6. The van der Waals surface area contributed by atoms with Crippen molar-refractivity contribution in [3.8, 4) is 17.1 Å². The van der Waals surface area contributed by atoms with E-state index in [2.05, 4.69) is 76.1 Å². The Bertz CT molecular complexity index is 1620. The molecule has 2 aliphatic carbocycles. The predicted octanol–water partition coefficient (Wildman–Crippen LogP) is 8.79. The number of aromatic nitrogens is 2. The Labute approximate surface area is 218 Å². The van der Waals surface area contributed by atoms with E-state index in [1.807, 2.05) is 0 Å². The second-order valence-corrected chi connectivity index (χ2v) is 11.6. The van der Waals surface area contributed by atoms with Crippen molar-refractivity contribution in [2.24, 2.45) is 0 Å². The van der Waals surface area contributed by atoms with Gasteiger partial charge in [-0.05, 0) is 55.7 Å². The number of nitrogens with zero attached hydrogens (tertiary/aromatic N) is 2. The van der Waals surface area contributed by atoms with E-state index in [1.165, 1.54) is 103 Å². The SMILES string of the molecule is c1ccc2c(c1)C[n+]1ccn(-c3c(C4CCCCC4)cc4c(oc5ccccc54)c3C3CCCCC3)c1-2. The van der Waals surface area contributed by atoms with Gasteiger partial charge in [-0.3, -0.25) is 0 Å². The summed E-state index contributed by atoms with van der Waals surface area (Å²) >= 11 is 0. The summed E-state index contributed by atoms with van der Waals surface area (Å²) in [6, 6.07) is 20.2. The number of hydrogen-bond donors (Lipinski definition) is 0. The van der Waals surface area contributed by atoms with Crippen molar-refractivity contribution < 1.29 is 8.98 Å². The van der Waals surface area contributed by atoms with Gasteiger partial charge in [0.05, 0.1) is 5.56 Å². The van der Waals surface area contributed by atoms with Crippen LogP contribution in [0.4, 0.5) is 0 Å². The van der Waals surface area contributed by atoms with Crippen molar-refractivity contribution >= 4 is 21.9 Å². The summed E-state index contributed by atoms with van der Waals surface area (Å²) in [6.45, 7) is 0.961. The molecule has 2 saturated carbocycles. The Balaban J connectivity index is 1.48. The molecule has 3 heterocycles. The lowest BCUT2D eigenvalue weighted by Crippen LogP contribution is -2.30. The number of imidazole rings is 1. The Kier molecular flexibility index (Phi) is 5.06. The smallest absolute Gasteiger partial charge is 0.294 e. The van der Waals surface area contributed by atoms with Gasteiger partial charge in [0.25, 0.3) is 5.82 Å². The van der Waals surface area contributed by atoms with Crippen molar-refractivity contribution in [1.29, 1.82) is 0 Å². The number of fused-ring (bicyclic) bond motifs is 6. The quantitative estimate of drug-likeness (QED) is 0.229. The summed E-state index contributed by atoms with van der Waals surface area (Å²) in [6.07, 6.45) is 17.8. The predicted molar refractivity (Wildman–Crippen MR) is 149 cm³/mol. The summed E-state index contributed by atoms with van der Waals surface area (Å²) in [7, 11) is 0. The second kappa shape index (κ2) is 8.62. The molecule has 0 amide bonds. The molecule has 186 valence electrons. The standard InChI is InChI=1S/C34H35N2O/c1-3-11-23(12-4-1)28-21-29-27-17-9-10-18-30(27)37-33(29)31(24-13-5-2-6-14-24)32(28)36-20-19-35-22-25-15-7-8-16-26(25)34(35)36/h7-10,15-21,23-24H,1-6,11-14,22H2/q+1. The normalized spacial score (nSPS) is 18.5. The van der Waals surface area contributed by atoms with Gasteiger partial charge in [-0.1, -0.05) is 74.9 Å². The van der Waals surface area contributed by atoms with Gasteiger partial charge >= 0.3 is 0 Å². The maximum atomic E-state index is 6.79. The van der Waals surface area contributed by atoms with Crippen molar-refractivity contribution in [2.75, 3.05) is 0 Å². The lowest BCUT2D eigenvalue weighted by atomic mass is 9.77. The van der Waals surface area contributed by atoms with Crippen LogP contribution in [0.15, 0.2) is 71.4 Å². The molecule has 1 aliphatic heterocycles. The van der Waals surface area contributed by atoms with Crippen LogP contribution in [0, 0.1) is 0 Å². The average molecular weight is 488 g/mol. The molecule has 3 heteroatoms. The van der Waals surface area contributed by atoms with Crippen LogP contribution in [-0.2, 0) is 6.54 Å². The van der Waals surface area contributed by atoms with Crippen LogP contribution >= 0.6 is 0 Å². The van der Waals surface area contributed by atoms with E-state index in [0.717, 1.165) is 17.7 Å². The average Bonchev–Trinajstić information content (AvgIpc) is 3.65. The molecule has 5 aromatic rings. The monoisotopic (exact) mass is 487 g/mol. The number of furan rings is 1. The summed E-state index contributed by atoms with van der Waals surface area (Å²) in [5.41, 5.74) is 9.45. The van der Waals surface area contributed by atoms with E-state index in [0.29, 0.717) is 11.8 Å². The van der Waals surface area contributed by atoms with Gasteiger partial charge < -0.3 is 4.42 Å². The van der Waals surface area contributed by atoms with Crippen LogP contribution < -0.4 is 4.57 Å². The summed E-state index contributed by atoms with van der Waals surface area (Å²) in [5.74, 6) is 2.50. The third kappa shape index (κ3) is 3.36. The zero-order valence-electron chi connectivity index (χ0n) is 21.6. The molecular weight excluding hydrogens is 452 g/mol. The van der Waals surface area contributed by atoms with Crippen molar-refractivity contribution in [3.63, 3.8) is 0 Å². The van der Waals surface area contributed by atoms with Gasteiger partial charge in [0, 0.05) is 27.5 Å². The molecular formula is C34H35N2O+. The zero-order valence-corrected chi connectivity index (χ0v) is 21.6. The number of para-hydroxylation sites is 1. The summed E-state index contributed by atoms with van der Waals surface area (Å²) in [4.78, 5) is 0. The van der Waals surface area contributed by atoms with E-state index < -0.39 is 0 Å². The van der Waals surface area contributed by atoms with Gasteiger partial charge in [-0.15, -0.1) is 0 Å². The highest BCUT2D eigenvalue weighted by Gasteiger charge is 2.37. The fourth-order valence-electron chi connectivity index (χ4n) is 7.74. The molecule has 37 heavy (non-hydrogen) atoms. The summed E-state index contributed by atoms with van der Waals surface area (Å²) in [5, 5.41) is 2.60. The zero-order chi connectivity index (χ0) is 24.3. The van der Waals surface area contributed by atoms with Gasteiger partial charge in [0.2, 0.25) is 0 Å². The fraction of sp³-hybridized carbons (Fsp3) is 0.382. The molecule has 3 aromatic carbocycles. The minimum absolute atomic E-state index is 0.551. The Morgan fingerprint density at radius 1 is 0.757 bits per heavy atom. The molecule has 0 N–H and O–H groups in total. The lowest BCUT2D eigenvalue weighted by Gasteiger charge is -2.28. The number of hydrogen-bond acceptors (Lipinski definition) is 1. The molecule has 0 spiro atoms. The van der Waals surface area contributed by atoms with Crippen LogP contribution in [0.2, 0.25) is 0 Å². The first-order chi connectivity index (χ1) is 18.4. The van der Waals surface area contributed by atoms with Crippen LogP contribution in [0.1, 0.15) is 92.7 Å². The topological polar surface area (TPSA) is 21.9 Å². The maximum absolute atomic E-state index is 6.79. The Morgan fingerprint density at radius 2 is 1.49 bits per heavy atom. The fourth-order valence-corrected chi connectivity index (χ4v) is 7.74. The molecule has 0 saturated heterocycles. The Hall–Kier alpha value is -3.33. The largest absolute Gasteiger partial charge is 0.456 e. The third-order valence-electron chi connectivity index (χ3n) is 9.50. The number of benzene rings is 3. The number of rotatable bonds is 3. The minimum atomic E-state index is 0.551. The van der Waals surface area contributed by atoms with Gasteiger partial charge in [-0.2, -0.15) is 4.57 Å². The highest BCUT2D eigenvalue weighted by molar-refractivity contribution is 6.07.